The summed E-state index contributed by atoms with van der Waals surface area (Å²) < 4.78 is 0. The molecule has 1 aromatic rings. The Morgan fingerprint density at radius 3 is 2.77 bits per heavy atom. The minimum atomic E-state index is 0.320. The van der Waals surface area contributed by atoms with E-state index in [0.717, 1.165) is 6.54 Å². The van der Waals surface area contributed by atoms with E-state index < -0.39 is 0 Å². The molecule has 1 unspecified atom stereocenters. The van der Waals surface area contributed by atoms with Crippen LogP contribution in [0.2, 0.25) is 0 Å². The second-order valence-corrected chi connectivity index (χ2v) is 4.61. The Labute approximate surface area is 80.0 Å². The van der Waals surface area contributed by atoms with Gasteiger partial charge in [0.15, 0.2) is 0 Å². The van der Waals surface area contributed by atoms with Gasteiger partial charge in [-0.2, -0.15) is 0 Å². The van der Waals surface area contributed by atoms with Crippen molar-refractivity contribution in [2.24, 2.45) is 5.73 Å². The lowest BCUT2D eigenvalue weighted by Gasteiger charge is -2.18. The van der Waals surface area contributed by atoms with Gasteiger partial charge in [-0.05, 0) is 35.4 Å². The molecule has 0 spiro atoms. The quantitative estimate of drug-likeness (QED) is 0.697. The van der Waals surface area contributed by atoms with Gasteiger partial charge in [0.2, 0.25) is 0 Å². The fourth-order valence-corrected chi connectivity index (χ4v) is 2.52. The summed E-state index contributed by atoms with van der Waals surface area (Å²) in [6.07, 6.45) is 1.20. The molecule has 0 fully saturated rings. The molecule has 0 radical (unpaired) electrons. The summed E-state index contributed by atoms with van der Waals surface area (Å²) in [5, 5.41) is 0. The number of benzene rings is 1. The van der Waals surface area contributed by atoms with Crippen molar-refractivity contribution >= 4 is 0 Å². The van der Waals surface area contributed by atoms with Gasteiger partial charge in [0.1, 0.15) is 0 Å². The first-order valence-electron chi connectivity index (χ1n) is 4.94. The summed E-state index contributed by atoms with van der Waals surface area (Å²) >= 11 is 0. The molecule has 1 heteroatoms. The van der Waals surface area contributed by atoms with Gasteiger partial charge in [-0.15, -0.1) is 0 Å². The van der Waals surface area contributed by atoms with Crippen molar-refractivity contribution in [1.29, 1.82) is 0 Å². The molecule has 70 valence electrons. The van der Waals surface area contributed by atoms with Gasteiger partial charge in [0.25, 0.3) is 0 Å². The molecular weight excluding hydrogens is 158 g/mol. The van der Waals surface area contributed by atoms with E-state index in [-0.39, 0.29) is 0 Å². The average Bonchev–Trinajstić information content (AvgIpc) is 2.39. The van der Waals surface area contributed by atoms with Crippen LogP contribution in [0.5, 0.6) is 0 Å². The third-order valence-corrected chi connectivity index (χ3v) is 3.17. The van der Waals surface area contributed by atoms with Crippen LogP contribution >= 0.6 is 0 Å². The highest BCUT2D eigenvalue weighted by atomic mass is 14.6. The van der Waals surface area contributed by atoms with Crippen LogP contribution in [-0.2, 0) is 5.41 Å². The standard InChI is InChI=1S/C12H17N/c1-12(2)7-9(8-13)10-5-3-4-6-11(10)12/h3-6,9H,7-8,13H2,1-2H3. The molecule has 1 nitrogen and oxygen atoms in total. The van der Waals surface area contributed by atoms with Crippen LogP contribution < -0.4 is 5.73 Å². The molecule has 1 aliphatic carbocycles. The van der Waals surface area contributed by atoms with Crippen LogP contribution in [0.4, 0.5) is 0 Å². The van der Waals surface area contributed by atoms with E-state index >= 15 is 0 Å². The Bertz CT molecular complexity index is 315. The van der Waals surface area contributed by atoms with Crippen molar-refractivity contribution in [1.82, 2.24) is 0 Å². The van der Waals surface area contributed by atoms with E-state index in [1.165, 1.54) is 17.5 Å². The highest BCUT2D eigenvalue weighted by Gasteiger charge is 2.35. The van der Waals surface area contributed by atoms with Gasteiger partial charge in [-0.25, -0.2) is 0 Å². The largest absolute Gasteiger partial charge is 0.330 e. The van der Waals surface area contributed by atoms with Gasteiger partial charge >= 0.3 is 0 Å². The lowest BCUT2D eigenvalue weighted by molar-refractivity contribution is 0.478. The predicted molar refractivity (Wildman–Crippen MR) is 55.9 cm³/mol. The zero-order valence-electron chi connectivity index (χ0n) is 8.38. The predicted octanol–water partition coefficient (Wildman–Crippen LogP) is 2.41. The van der Waals surface area contributed by atoms with Crippen LogP contribution in [0, 0.1) is 0 Å². The second-order valence-electron chi connectivity index (χ2n) is 4.61. The first-order chi connectivity index (χ1) is 6.15. The zero-order valence-corrected chi connectivity index (χ0v) is 8.38. The maximum atomic E-state index is 5.77. The van der Waals surface area contributed by atoms with Gasteiger partial charge in [-0.1, -0.05) is 38.1 Å². The summed E-state index contributed by atoms with van der Waals surface area (Å²) in [4.78, 5) is 0. The maximum Gasteiger partial charge on any atom is -0.000781 e. The van der Waals surface area contributed by atoms with Gasteiger partial charge in [-0.3, -0.25) is 0 Å². The fraction of sp³-hybridized carbons (Fsp3) is 0.500. The molecule has 0 aliphatic heterocycles. The summed E-state index contributed by atoms with van der Waals surface area (Å²) in [5.41, 5.74) is 9.05. The molecule has 0 bridgehead atoms. The molecular formula is C12H17N. The summed E-state index contributed by atoms with van der Waals surface area (Å²) in [7, 11) is 0. The number of fused-ring (bicyclic) bond motifs is 1. The first kappa shape index (κ1) is 8.76. The SMILES string of the molecule is CC1(C)CC(CN)c2ccccc21. The van der Waals surface area contributed by atoms with E-state index in [4.69, 9.17) is 5.73 Å². The van der Waals surface area contributed by atoms with Crippen LogP contribution in [0.1, 0.15) is 37.3 Å². The number of rotatable bonds is 1. The lowest BCUT2D eigenvalue weighted by atomic mass is 9.86. The lowest BCUT2D eigenvalue weighted by Crippen LogP contribution is -2.15. The Balaban J connectivity index is 2.51. The highest BCUT2D eigenvalue weighted by molar-refractivity contribution is 5.41. The third-order valence-electron chi connectivity index (χ3n) is 3.17. The van der Waals surface area contributed by atoms with E-state index in [0.29, 0.717) is 11.3 Å². The highest BCUT2D eigenvalue weighted by Crippen LogP contribution is 2.44. The monoisotopic (exact) mass is 175 g/mol. The molecule has 0 aromatic heterocycles. The van der Waals surface area contributed by atoms with E-state index in [1.807, 2.05) is 0 Å². The van der Waals surface area contributed by atoms with E-state index in [2.05, 4.69) is 38.1 Å². The van der Waals surface area contributed by atoms with Crippen molar-refractivity contribution in [2.75, 3.05) is 6.54 Å². The fourth-order valence-electron chi connectivity index (χ4n) is 2.52. The van der Waals surface area contributed by atoms with E-state index in [1.54, 1.807) is 0 Å². The molecule has 1 aromatic carbocycles. The van der Waals surface area contributed by atoms with Crippen molar-refractivity contribution in [2.45, 2.75) is 31.6 Å². The van der Waals surface area contributed by atoms with Crippen molar-refractivity contribution in [3.8, 4) is 0 Å². The third kappa shape index (κ3) is 1.28. The van der Waals surface area contributed by atoms with Gasteiger partial charge < -0.3 is 5.73 Å². The summed E-state index contributed by atoms with van der Waals surface area (Å²) in [6, 6.07) is 8.70. The van der Waals surface area contributed by atoms with Crippen LogP contribution in [0.15, 0.2) is 24.3 Å². The van der Waals surface area contributed by atoms with Gasteiger partial charge in [0, 0.05) is 0 Å². The van der Waals surface area contributed by atoms with Crippen molar-refractivity contribution < 1.29 is 0 Å². The molecule has 0 saturated carbocycles. The molecule has 0 amide bonds. The van der Waals surface area contributed by atoms with Gasteiger partial charge in [0.05, 0.1) is 0 Å². The molecule has 13 heavy (non-hydrogen) atoms. The van der Waals surface area contributed by atoms with Crippen LogP contribution in [0.25, 0.3) is 0 Å². The number of hydrogen-bond donors (Lipinski definition) is 1. The summed E-state index contributed by atoms with van der Waals surface area (Å²) in [6.45, 7) is 5.39. The number of hydrogen-bond acceptors (Lipinski definition) is 1. The minimum absolute atomic E-state index is 0.320. The molecule has 2 N–H and O–H groups in total. The van der Waals surface area contributed by atoms with Crippen LogP contribution in [-0.4, -0.2) is 6.54 Å². The summed E-state index contributed by atoms with van der Waals surface area (Å²) in [5.74, 6) is 0.575. The maximum absolute atomic E-state index is 5.77. The molecule has 0 heterocycles. The number of nitrogens with two attached hydrogens (primary N) is 1. The first-order valence-corrected chi connectivity index (χ1v) is 4.94. The Morgan fingerprint density at radius 2 is 2.08 bits per heavy atom. The Morgan fingerprint density at radius 1 is 1.38 bits per heavy atom. The Kier molecular flexibility index (Phi) is 1.92. The minimum Gasteiger partial charge on any atom is -0.330 e. The zero-order chi connectivity index (χ0) is 9.47. The van der Waals surface area contributed by atoms with Crippen LogP contribution in [0.3, 0.4) is 0 Å². The molecule has 0 saturated heterocycles. The Hall–Kier alpha value is -0.820. The van der Waals surface area contributed by atoms with Crippen molar-refractivity contribution in [3.63, 3.8) is 0 Å². The topological polar surface area (TPSA) is 26.0 Å². The normalized spacial score (nSPS) is 24.4. The smallest absolute Gasteiger partial charge is 0.000781 e. The molecule has 2 rings (SSSR count). The average molecular weight is 175 g/mol. The van der Waals surface area contributed by atoms with E-state index in [9.17, 15) is 0 Å². The molecule has 1 atom stereocenters. The second kappa shape index (κ2) is 2.85. The molecule has 1 aliphatic rings. The van der Waals surface area contributed by atoms with Crippen molar-refractivity contribution in [3.05, 3.63) is 35.4 Å².